The molecule has 1 aliphatic carbocycles. The zero-order chi connectivity index (χ0) is 14.0. The van der Waals surface area contributed by atoms with Crippen molar-refractivity contribution in [3.63, 3.8) is 0 Å². The molecule has 0 heterocycles. The van der Waals surface area contributed by atoms with Gasteiger partial charge in [0.1, 0.15) is 0 Å². The molecule has 1 amide bonds. The highest BCUT2D eigenvalue weighted by Gasteiger charge is 2.40. The highest BCUT2D eigenvalue weighted by atomic mass is 79.9. The summed E-state index contributed by atoms with van der Waals surface area (Å²) in [5.74, 6) is -1.09. The van der Waals surface area contributed by atoms with Gasteiger partial charge in [-0.15, -0.1) is 0 Å². The molecule has 0 radical (unpaired) electrons. The Morgan fingerprint density at radius 2 is 2.11 bits per heavy atom. The lowest BCUT2D eigenvalue weighted by Gasteiger charge is -2.41. The minimum absolute atomic E-state index is 0.0117. The molecule has 0 bridgehead atoms. The molecule has 1 aliphatic rings. The number of carbonyl (C=O) groups excluding carboxylic acids is 1. The minimum atomic E-state index is -0.872. The van der Waals surface area contributed by atoms with E-state index in [9.17, 15) is 9.59 Å². The Balaban J connectivity index is 2.13. The molecule has 1 aromatic carbocycles. The number of hydrogen-bond acceptors (Lipinski definition) is 2. The Hall–Kier alpha value is -1.36. The first-order valence-corrected chi connectivity index (χ1v) is 7.02. The largest absolute Gasteiger partial charge is 0.481 e. The molecule has 0 aliphatic heterocycles. The molecule has 4 nitrogen and oxygen atoms in total. The van der Waals surface area contributed by atoms with Gasteiger partial charge in [-0.1, -0.05) is 6.07 Å². The van der Waals surface area contributed by atoms with Crippen LogP contribution in [-0.2, 0) is 4.79 Å². The molecule has 1 fully saturated rings. The molecule has 5 heteroatoms. The molecule has 0 atom stereocenters. The van der Waals surface area contributed by atoms with E-state index in [1.54, 1.807) is 6.07 Å². The molecule has 0 spiro atoms. The molecular formula is C14H16BrNO3. The van der Waals surface area contributed by atoms with Crippen molar-refractivity contribution in [3.8, 4) is 0 Å². The quantitative estimate of drug-likeness (QED) is 0.894. The van der Waals surface area contributed by atoms with E-state index in [4.69, 9.17) is 5.11 Å². The van der Waals surface area contributed by atoms with E-state index >= 15 is 0 Å². The van der Waals surface area contributed by atoms with Crippen LogP contribution in [0.15, 0.2) is 22.7 Å². The van der Waals surface area contributed by atoms with E-state index in [1.165, 1.54) is 0 Å². The van der Waals surface area contributed by atoms with E-state index in [-0.39, 0.29) is 12.3 Å². The van der Waals surface area contributed by atoms with Crippen molar-refractivity contribution in [1.82, 2.24) is 5.32 Å². The second kappa shape index (κ2) is 5.33. The van der Waals surface area contributed by atoms with E-state index in [1.807, 2.05) is 19.1 Å². The van der Waals surface area contributed by atoms with Crippen molar-refractivity contribution < 1.29 is 14.7 Å². The summed E-state index contributed by atoms with van der Waals surface area (Å²) in [4.78, 5) is 23.1. The summed E-state index contributed by atoms with van der Waals surface area (Å²) in [6.07, 6.45) is 2.41. The van der Waals surface area contributed by atoms with Crippen LogP contribution in [0.4, 0.5) is 0 Å². The SMILES string of the molecule is Cc1ccc(C(=O)NC2(CC(=O)O)CCC2)c(Br)c1. The molecule has 0 aromatic heterocycles. The first-order valence-electron chi connectivity index (χ1n) is 6.22. The predicted octanol–water partition coefficient (Wildman–Crippen LogP) is 2.88. The summed E-state index contributed by atoms with van der Waals surface area (Å²) in [7, 11) is 0. The predicted molar refractivity (Wildman–Crippen MR) is 75.2 cm³/mol. The third-order valence-electron chi connectivity index (χ3n) is 3.55. The number of nitrogens with one attached hydrogen (secondary N) is 1. The van der Waals surface area contributed by atoms with Gasteiger partial charge >= 0.3 is 5.97 Å². The van der Waals surface area contributed by atoms with Crippen LogP contribution >= 0.6 is 15.9 Å². The van der Waals surface area contributed by atoms with Gasteiger partial charge in [0, 0.05) is 4.47 Å². The second-order valence-corrected chi connectivity index (χ2v) is 6.00. The van der Waals surface area contributed by atoms with E-state index in [2.05, 4.69) is 21.2 Å². The highest BCUT2D eigenvalue weighted by molar-refractivity contribution is 9.10. The zero-order valence-electron chi connectivity index (χ0n) is 10.7. The summed E-state index contributed by atoms with van der Waals surface area (Å²) in [5, 5.41) is 11.8. The molecule has 0 saturated heterocycles. The Bertz CT molecular complexity index is 523. The first-order chi connectivity index (χ1) is 8.92. The van der Waals surface area contributed by atoms with Crippen LogP contribution in [0.3, 0.4) is 0 Å². The Labute approximate surface area is 120 Å². The van der Waals surface area contributed by atoms with Crippen molar-refractivity contribution in [2.45, 2.75) is 38.1 Å². The molecule has 2 N–H and O–H groups in total. The van der Waals surface area contributed by atoms with Crippen LogP contribution in [0.5, 0.6) is 0 Å². The fourth-order valence-corrected chi connectivity index (χ4v) is 3.02. The smallest absolute Gasteiger partial charge is 0.305 e. The van der Waals surface area contributed by atoms with Crippen LogP contribution in [0.2, 0.25) is 0 Å². The summed E-state index contributed by atoms with van der Waals surface area (Å²) in [5.41, 5.74) is 1.04. The number of carbonyl (C=O) groups is 2. The standard InChI is InChI=1S/C14H16BrNO3/c1-9-3-4-10(11(15)7-9)13(19)16-14(5-2-6-14)8-12(17)18/h3-4,7H,2,5-6,8H2,1H3,(H,16,19)(H,17,18). The number of hydrogen-bond donors (Lipinski definition) is 2. The van der Waals surface area contributed by atoms with Gasteiger partial charge in [-0.25, -0.2) is 0 Å². The van der Waals surface area contributed by atoms with Gasteiger partial charge in [-0.05, 0) is 59.8 Å². The van der Waals surface area contributed by atoms with Gasteiger partial charge in [-0.3, -0.25) is 9.59 Å². The third-order valence-corrected chi connectivity index (χ3v) is 4.20. The Morgan fingerprint density at radius 1 is 1.42 bits per heavy atom. The maximum Gasteiger partial charge on any atom is 0.305 e. The number of rotatable bonds is 4. The van der Waals surface area contributed by atoms with Gasteiger partial charge < -0.3 is 10.4 Å². The number of carboxylic acid groups (broad SMARTS) is 1. The number of benzene rings is 1. The Kier molecular flexibility index (Phi) is 3.94. The lowest BCUT2D eigenvalue weighted by Crippen LogP contribution is -2.54. The summed E-state index contributed by atoms with van der Waals surface area (Å²) >= 11 is 3.37. The average Bonchev–Trinajstić information content (AvgIpc) is 2.25. The summed E-state index contributed by atoms with van der Waals surface area (Å²) < 4.78 is 0.731. The van der Waals surface area contributed by atoms with Gasteiger partial charge in [0.25, 0.3) is 5.91 Å². The van der Waals surface area contributed by atoms with Crippen molar-refractivity contribution in [2.24, 2.45) is 0 Å². The van der Waals surface area contributed by atoms with Gasteiger partial charge in [-0.2, -0.15) is 0 Å². The van der Waals surface area contributed by atoms with Crippen LogP contribution in [0.1, 0.15) is 41.6 Å². The molecular weight excluding hydrogens is 310 g/mol. The summed E-state index contributed by atoms with van der Waals surface area (Å²) in [6.45, 7) is 1.95. The van der Waals surface area contributed by atoms with Crippen molar-refractivity contribution >= 4 is 27.8 Å². The summed E-state index contributed by atoms with van der Waals surface area (Å²) in [6, 6.07) is 5.49. The van der Waals surface area contributed by atoms with Gasteiger partial charge in [0.2, 0.25) is 0 Å². The van der Waals surface area contributed by atoms with Crippen molar-refractivity contribution in [2.75, 3.05) is 0 Å². The van der Waals surface area contributed by atoms with E-state index < -0.39 is 11.5 Å². The number of aliphatic carboxylic acids is 1. The number of carboxylic acids is 1. The second-order valence-electron chi connectivity index (χ2n) is 5.14. The first kappa shape index (κ1) is 14.1. The fourth-order valence-electron chi connectivity index (χ4n) is 2.35. The molecule has 19 heavy (non-hydrogen) atoms. The molecule has 102 valence electrons. The van der Waals surface area contributed by atoms with Crippen LogP contribution in [-0.4, -0.2) is 22.5 Å². The average molecular weight is 326 g/mol. The zero-order valence-corrected chi connectivity index (χ0v) is 12.3. The van der Waals surface area contributed by atoms with Gasteiger partial charge in [0.15, 0.2) is 0 Å². The van der Waals surface area contributed by atoms with E-state index in [0.29, 0.717) is 5.56 Å². The minimum Gasteiger partial charge on any atom is -0.481 e. The van der Waals surface area contributed by atoms with Crippen molar-refractivity contribution in [1.29, 1.82) is 0 Å². The molecule has 1 aromatic rings. The molecule has 1 saturated carbocycles. The maximum atomic E-state index is 12.2. The lowest BCUT2D eigenvalue weighted by atomic mass is 9.74. The van der Waals surface area contributed by atoms with Crippen LogP contribution in [0, 0.1) is 6.92 Å². The third kappa shape index (κ3) is 3.15. The number of aryl methyl sites for hydroxylation is 1. The topological polar surface area (TPSA) is 66.4 Å². The number of amides is 1. The van der Waals surface area contributed by atoms with Crippen LogP contribution in [0.25, 0.3) is 0 Å². The molecule has 2 rings (SSSR count). The normalized spacial score (nSPS) is 16.5. The van der Waals surface area contributed by atoms with Gasteiger partial charge in [0.05, 0.1) is 17.5 Å². The monoisotopic (exact) mass is 325 g/mol. The maximum absolute atomic E-state index is 12.2. The fraction of sp³-hybridized carbons (Fsp3) is 0.429. The highest BCUT2D eigenvalue weighted by Crippen LogP contribution is 2.35. The lowest BCUT2D eigenvalue weighted by molar-refractivity contribution is -0.139. The number of halogens is 1. The molecule has 0 unspecified atom stereocenters. The van der Waals surface area contributed by atoms with Crippen LogP contribution < -0.4 is 5.32 Å². The van der Waals surface area contributed by atoms with E-state index in [0.717, 1.165) is 29.3 Å². The Morgan fingerprint density at radius 3 is 2.58 bits per heavy atom. The van der Waals surface area contributed by atoms with Crippen molar-refractivity contribution in [3.05, 3.63) is 33.8 Å².